The van der Waals surface area contributed by atoms with Crippen molar-refractivity contribution in [3.05, 3.63) is 0 Å². The van der Waals surface area contributed by atoms with Crippen LogP contribution in [-0.2, 0) is 4.74 Å². The summed E-state index contributed by atoms with van der Waals surface area (Å²) < 4.78 is 5.23. The lowest BCUT2D eigenvalue weighted by atomic mass is 10.2. The minimum absolute atomic E-state index is 0.308. The molecule has 0 rings (SSSR count). The van der Waals surface area contributed by atoms with E-state index in [4.69, 9.17) is 10.6 Å². The smallest absolute Gasteiger partial charge is 0.0633 e. The molecule has 0 aliphatic rings. The van der Waals surface area contributed by atoms with Crippen LogP contribution in [0, 0.1) is 0 Å². The van der Waals surface area contributed by atoms with E-state index in [1.165, 1.54) is 0 Å². The monoisotopic (exact) mass is 178 g/mol. The second-order valence-corrected chi connectivity index (χ2v) is 3.29. The first-order valence-electron chi connectivity index (χ1n) is 3.88. The third-order valence-corrected chi connectivity index (χ3v) is 2.07. The largest absolute Gasteiger partial charge is 0.380 e. The Bertz CT molecular complexity index is 74.8. The van der Waals surface area contributed by atoms with Crippen LogP contribution in [-0.4, -0.2) is 31.3 Å². The van der Waals surface area contributed by atoms with Crippen molar-refractivity contribution in [1.29, 1.82) is 0 Å². The maximum atomic E-state index is 5.32. The van der Waals surface area contributed by atoms with E-state index >= 15 is 0 Å². The number of hydrogen-bond acceptors (Lipinski definition) is 4. The zero-order chi connectivity index (χ0) is 8.53. The van der Waals surface area contributed by atoms with Crippen LogP contribution in [0.5, 0.6) is 0 Å². The summed E-state index contributed by atoms with van der Waals surface area (Å²) in [5.74, 6) is 6.44. The van der Waals surface area contributed by atoms with E-state index in [1.807, 2.05) is 18.7 Å². The van der Waals surface area contributed by atoms with Crippen LogP contribution >= 0.6 is 11.8 Å². The van der Waals surface area contributed by atoms with Crippen molar-refractivity contribution in [3.63, 3.8) is 0 Å². The van der Waals surface area contributed by atoms with Crippen molar-refractivity contribution in [3.8, 4) is 0 Å². The van der Waals surface area contributed by atoms with Gasteiger partial charge in [-0.25, -0.2) is 0 Å². The van der Waals surface area contributed by atoms with Gasteiger partial charge in [0.25, 0.3) is 0 Å². The molecule has 3 nitrogen and oxygen atoms in total. The van der Waals surface area contributed by atoms with Gasteiger partial charge in [0.2, 0.25) is 0 Å². The third-order valence-electron chi connectivity index (χ3n) is 1.43. The summed E-state index contributed by atoms with van der Waals surface area (Å²) in [6.07, 6.45) is 3.16. The number of thioether (sulfide) groups is 1. The number of nitrogens with two attached hydrogens (primary N) is 1. The fourth-order valence-corrected chi connectivity index (χ4v) is 1.26. The van der Waals surface area contributed by atoms with E-state index in [9.17, 15) is 0 Å². The molecular weight excluding hydrogens is 160 g/mol. The molecule has 0 aromatic carbocycles. The topological polar surface area (TPSA) is 47.3 Å². The van der Waals surface area contributed by atoms with Crippen molar-refractivity contribution in [2.24, 2.45) is 5.84 Å². The van der Waals surface area contributed by atoms with Crippen molar-refractivity contribution in [2.75, 3.05) is 25.2 Å². The SMILES string of the molecule is CCOCC(CCSC)NN. The van der Waals surface area contributed by atoms with Crippen molar-refractivity contribution in [1.82, 2.24) is 5.43 Å². The highest BCUT2D eigenvalue weighted by molar-refractivity contribution is 7.98. The Kier molecular flexibility index (Phi) is 8.50. The molecule has 0 heterocycles. The Balaban J connectivity index is 3.25. The summed E-state index contributed by atoms with van der Waals surface area (Å²) >= 11 is 1.83. The van der Waals surface area contributed by atoms with Gasteiger partial charge in [-0.3, -0.25) is 11.3 Å². The van der Waals surface area contributed by atoms with E-state index in [2.05, 4.69) is 11.7 Å². The Morgan fingerprint density at radius 3 is 2.82 bits per heavy atom. The second-order valence-electron chi connectivity index (χ2n) is 2.30. The molecule has 1 unspecified atom stereocenters. The molecule has 4 heteroatoms. The van der Waals surface area contributed by atoms with Crippen LogP contribution in [0.2, 0.25) is 0 Å². The first kappa shape index (κ1) is 11.2. The van der Waals surface area contributed by atoms with Crippen LogP contribution in [0.15, 0.2) is 0 Å². The molecular formula is C7H18N2OS. The summed E-state index contributed by atoms with van der Waals surface area (Å²) in [6, 6.07) is 0.308. The third kappa shape index (κ3) is 6.62. The van der Waals surface area contributed by atoms with Gasteiger partial charge in [-0.05, 0) is 25.4 Å². The molecule has 68 valence electrons. The van der Waals surface area contributed by atoms with E-state index in [0.717, 1.165) is 18.8 Å². The van der Waals surface area contributed by atoms with Gasteiger partial charge in [0.05, 0.1) is 6.61 Å². The van der Waals surface area contributed by atoms with Crippen molar-refractivity contribution >= 4 is 11.8 Å². The average Bonchev–Trinajstić information content (AvgIpc) is 2.05. The molecule has 0 aliphatic carbocycles. The first-order valence-corrected chi connectivity index (χ1v) is 5.27. The molecule has 0 aliphatic heterocycles. The van der Waals surface area contributed by atoms with Gasteiger partial charge in [-0.2, -0.15) is 11.8 Å². The number of hydrogen-bond donors (Lipinski definition) is 2. The van der Waals surface area contributed by atoms with E-state index in [0.29, 0.717) is 12.6 Å². The lowest BCUT2D eigenvalue weighted by Gasteiger charge is -2.14. The minimum atomic E-state index is 0.308. The zero-order valence-electron chi connectivity index (χ0n) is 7.30. The van der Waals surface area contributed by atoms with Crippen LogP contribution in [0.25, 0.3) is 0 Å². The predicted octanol–water partition coefficient (Wildman–Crippen LogP) is 0.608. The maximum Gasteiger partial charge on any atom is 0.0633 e. The first-order chi connectivity index (χ1) is 5.35. The molecule has 0 radical (unpaired) electrons. The Hall–Kier alpha value is 0.230. The van der Waals surface area contributed by atoms with Gasteiger partial charge in [0.1, 0.15) is 0 Å². The van der Waals surface area contributed by atoms with Gasteiger partial charge in [0, 0.05) is 12.6 Å². The fourth-order valence-electron chi connectivity index (χ4n) is 0.735. The quantitative estimate of drug-likeness (QED) is 0.443. The highest BCUT2D eigenvalue weighted by Gasteiger charge is 2.04. The summed E-state index contributed by atoms with van der Waals surface area (Å²) in [6.45, 7) is 3.47. The maximum absolute atomic E-state index is 5.32. The molecule has 0 bridgehead atoms. The van der Waals surface area contributed by atoms with Crippen molar-refractivity contribution in [2.45, 2.75) is 19.4 Å². The standard InChI is InChI=1S/C7H18N2OS/c1-3-10-6-7(9-8)4-5-11-2/h7,9H,3-6,8H2,1-2H3. The molecule has 0 aromatic rings. The molecule has 0 amide bonds. The van der Waals surface area contributed by atoms with E-state index in [-0.39, 0.29) is 0 Å². The van der Waals surface area contributed by atoms with Crippen LogP contribution in [0.4, 0.5) is 0 Å². The van der Waals surface area contributed by atoms with E-state index in [1.54, 1.807) is 0 Å². The molecule has 0 aromatic heterocycles. The van der Waals surface area contributed by atoms with Crippen LogP contribution in [0.1, 0.15) is 13.3 Å². The number of hydrazine groups is 1. The highest BCUT2D eigenvalue weighted by atomic mass is 32.2. The Labute approximate surface area is 73.0 Å². The lowest BCUT2D eigenvalue weighted by Crippen LogP contribution is -2.39. The molecule has 0 spiro atoms. The zero-order valence-corrected chi connectivity index (χ0v) is 8.12. The van der Waals surface area contributed by atoms with Crippen LogP contribution in [0.3, 0.4) is 0 Å². The average molecular weight is 178 g/mol. The summed E-state index contributed by atoms with van der Waals surface area (Å²) in [4.78, 5) is 0. The molecule has 0 fully saturated rings. The minimum Gasteiger partial charge on any atom is -0.380 e. The highest BCUT2D eigenvalue weighted by Crippen LogP contribution is 1.99. The van der Waals surface area contributed by atoms with Gasteiger partial charge in [0.15, 0.2) is 0 Å². The number of ether oxygens (including phenoxy) is 1. The van der Waals surface area contributed by atoms with E-state index < -0.39 is 0 Å². The number of nitrogens with one attached hydrogen (secondary N) is 1. The molecule has 1 atom stereocenters. The van der Waals surface area contributed by atoms with Gasteiger partial charge in [-0.15, -0.1) is 0 Å². The normalized spacial score (nSPS) is 13.4. The second kappa shape index (κ2) is 8.33. The molecule has 0 saturated carbocycles. The summed E-state index contributed by atoms with van der Waals surface area (Å²) in [5, 5.41) is 0. The summed E-state index contributed by atoms with van der Waals surface area (Å²) in [5.41, 5.74) is 2.73. The number of rotatable bonds is 7. The fraction of sp³-hybridized carbons (Fsp3) is 1.00. The summed E-state index contributed by atoms with van der Waals surface area (Å²) in [7, 11) is 0. The lowest BCUT2D eigenvalue weighted by molar-refractivity contribution is 0.122. The Morgan fingerprint density at radius 1 is 1.64 bits per heavy atom. The van der Waals surface area contributed by atoms with Gasteiger partial charge in [-0.1, -0.05) is 0 Å². The van der Waals surface area contributed by atoms with Crippen molar-refractivity contribution < 1.29 is 4.74 Å². The van der Waals surface area contributed by atoms with Gasteiger partial charge < -0.3 is 4.74 Å². The molecule has 3 N–H and O–H groups in total. The molecule has 11 heavy (non-hydrogen) atoms. The predicted molar refractivity (Wildman–Crippen MR) is 50.6 cm³/mol. The Morgan fingerprint density at radius 2 is 2.36 bits per heavy atom. The van der Waals surface area contributed by atoms with Crippen LogP contribution < -0.4 is 11.3 Å². The van der Waals surface area contributed by atoms with Gasteiger partial charge >= 0.3 is 0 Å². The molecule has 0 saturated heterocycles.